The molecule has 0 atom stereocenters. The van der Waals surface area contributed by atoms with Crippen molar-refractivity contribution >= 4 is 0 Å². The fourth-order valence-corrected chi connectivity index (χ4v) is 1.06. The van der Waals surface area contributed by atoms with Crippen LogP contribution in [0.4, 0.5) is 0 Å². The Hall–Kier alpha value is -0.520. The standard InChI is InChI=1S/C7H6/c1-2-7-4-3-6(1)5-7/h1,4H,2,5H2. The first-order chi connectivity index (χ1) is 3.45. The monoisotopic (exact) mass is 90.0 g/mol. The van der Waals surface area contributed by atoms with Gasteiger partial charge in [0.2, 0.25) is 0 Å². The number of allylic oxidation sites excluding steroid dienone is 4. The molecule has 7 heavy (non-hydrogen) atoms. The van der Waals surface area contributed by atoms with E-state index in [9.17, 15) is 0 Å². The van der Waals surface area contributed by atoms with Crippen LogP contribution in [0.3, 0.4) is 0 Å². The highest BCUT2D eigenvalue weighted by atomic mass is 14.2. The third-order valence-electron chi connectivity index (χ3n) is 1.49. The Bertz CT molecular complexity index is 131. The molecule has 2 radical (unpaired) electrons. The first kappa shape index (κ1) is 3.48. The van der Waals surface area contributed by atoms with Gasteiger partial charge in [-0.05, 0) is 25.3 Å². The summed E-state index contributed by atoms with van der Waals surface area (Å²) in [4.78, 5) is 0. The molecule has 2 bridgehead atoms. The Morgan fingerprint density at radius 3 is 2.71 bits per heavy atom. The third kappa shape index (κ3) is 0.365. The molecule has 0 aromatic rings. The molecule has 0 aromatic carbocycles. The van der Waals surface area contributed by atoms with Gasteiger partial charge in [-0.15, -0.1) is 0 Å². The zero-order valence-corrected chi connectivity index (χ0v) is 4.07. The second kappa shape index (κ2) is 1.00. The molecule has 0 heterocycles. The Kier molecular flexibility index (Phi) is 0.498. The van der Waals surface area contributed by atoms with Crippen molar-refractivity contribution in [3.05, 3.63) is 29.7 Å². The van der Waals surface area contributed by atoms with Gasteiger partial charge in [-0.3, -0.25) is 0 Å². The molecule has 1 saturated carbocycles. The van der Waals surface area contributed by atoms with Crippen LogP contribution in [0, 0.1) is 12.5 Å². The average Bonchev–Trinajstić information content (AvgIpc) is 2.22. The Labute approximate surface area is 43.5 Å². The van der Waals surface area contributed by atoms with Crippen molar-refractivity contribution in [3.63, 3.8) is 0 Å². The van der Waals surface area contributed by atoms with Crippen LogP contribution < -0.4 is 0 Å². The largest absolute Gasteiger partial charge is 0.0649 e. The molecule has 1 fully saturated rings. The summed E-state index contributed by atoms with van der Waals surface area (Å²) in [6.45, 7) is 0. The first-order valence-corrected chi connectivity index (χ1v) is 2.58. The summed E-state index contributed by atoms with van der Waals surface area (Å²) in [6, 6.07) is 0. The molecule has 0 saturated heterocycles. The van der Waals surface area contributed by atoms with Gasteiger partial charge in [-0.2, -0.15) is 0 Å². The molecule has 34 valence electrons. The van der Waals surface area contributed by atoms with E-state index in [1.54, 1.807) is 0 Å². The Balaban J connectivity index is 2.45. The molecule has 2 aliphatic rings. The van der Waals surface area contributed by atoms with E-state index in [0.29, 0.717) is 0 Å². The van der Waals surface area contributed by atoms with Crippen molar-refractivity contribution in [1.82, 2.24) is 0 Å². The maximum absolute atomic E-state index is 3.16. The summed E-state index contributed by atoms with van der Waals surface area (Å²) in [5.41, 5.74) is 2.94. The van der Waals surface area contributed by atoms with Crippen molar-refractivity contribution in [2.24, 2.45) is 0 Å². The molecule has 2 rings (SSSR count). The van der Waals surface area contributed by atoms with Crippen LogP contribution in [0.5, 0.6) is 0 Å². The molecule has 0 aliphatic heterocycles. The molecule has 0 heteroatoms. The zero-order valence-electron chi connectivity index (χ0n) is 4.07. The number of fused-ring (bicyclic) bond motifs is 2. The van der Waals surface area contributed by atoms with E-state index in [2.05, 4.69) is 18.6 Å². The highest BCUT2D eigenvalue weighted by Gasteiger charge is 2.15. The van der Waals surface area contributed by atoms with Crippen LogP contribution in [0.1, 0.15) is 12.8 Å². The fourth-order valence-electron chi connectivity index (χ4n) is 1.06. The first-order valence-electron chi connectivity index (χ1n) is 2.58. The quantitative estimate of drug-likeness (QED) is 0.424. The minimum Gasteiger partial charge on any atom is -0.0649 e. The second-order valence-corrected chi connectivity index (χ2v) is 2.06. The summed E-state index contributed by atoms with van der Waals surface area (Å²) in [5, 5.41) is 0. The van der Waals surface area contributed by atoms with E-state index in [4.69, 9.17) is 0 Å². The minimum absolute atomic E-state index is 1.19. The Morgan fingerprint density at radius 2 is 2.57 bits per heavy atom. The van der Waals surface area contributed by atoms with Crippen LogP contribution in [-0.2, 0) is 0 Å². The van der Waals surface area contributed by atoms with Gasteiger partial charge in [0.05, 0.1) is 0 Å². The molecule has 0 aromatic heterocycles. The molecule has 0 N–H and O–H groups in total. The van der Waals surface area contributed by atoms with Crippen LogP contribution >= 0.6 is 0 Å². The van der Waals surface area contributed by atoms with Gasteiger partial charge in [0, 0.05) is 0 Å². The molecular weight excluding hydrogens is 84.1 g/mol. The van der Waals surface area contributed by atoms with Crippen LogP contribution in [0.15, 0.2) is 17.2 Å². The predicted molar refractivity (Wildman–Crippen MR) is 28.4 cm³/mol. The molecule has 2 aliphatic carbocycles. The Morgan fingerprint density at radius 1 is 1.57 bits per heavy atom. The second-order valence-electron chi connectivity index (χ2n) is 2.06. The van der Waals surface area contributed by atoms with Gasteiger partial charge in [-0.1, -0.05) is 17.2 Å². The van der Waals surface area contributed by atoms with E-state index < -0.39 is 0 Å². The van der Waals surface area contributed by atoms with E-state index in [-0.39, 0.29) is 0 Å². The predicted octanol–water partition coefficient (Wildman–Crippen LogP) is 1.65. The van der Waals surface area contributed by atoms with Crippen molar-refractivity contribution < 1.29 is 0 Å². The number of hydrogen-bond acceptors (Lipinski definition) is 0. The van der Waals surface area contributed by atoms with Crippen LogP contribution in [0.2, 0.25) is 0 Å². The van der Waals surface area contributed by atoms with E-state index >= 15 is 0 Å². The maximum atomic E-state index is 3.16. The van der Waals surface area contributed by atoms with E-state index in [0.717, 1.165) is 0 Å². The summed E-state index contributed by atoms with van der Waals surface area (Å²) in [6.07, 6.45) is 9.90. The minimum atomic E-state index is 1.19. The lowest BCUT2D eigenvalue weighted by Crippen LogP contribution is -1.70. The van der Waals surface area contributed by atoms with Gasteiger partial charge < -0.3 is 0 Å². The van der Waals surface area contributed by atoms with Gasteiger partial charge in [0.25, 0.3) is 0 Å². The van der Waals surface area contributed by atoms with E-state index in [1.807, 2.05) is 0 Å². The lowest BCUT2D eigenvalue weighted by molar-refractivity contribution is 1.21. The van der Waals surface area contributed by atoms with Crippen molar-refractivity contribution in [2.75, 3.05) is 0 Å². The van der Waals surface area contributed by atoms with Gasteiger partial charge in [0.1, 0.15) is 0 Å². The lowest BCUT2D eigenvalue weighted by Gasteiger charge is -1.86. The summed E-state index contributed by atoms with van der Waals surface area (Å²) in [5.74, 6) is 0. The van der Waals surface area contributed by atoms with Crippen LogP contribution in [0.25, 0.3) is 0 Å². The SMILES string of the molecule is [C]1=C2[CH]CC(=C1)C2. The zero-order chi connectivity index (χ0) is 4.69. The number of rotatable bonds is 0. The van der Waals surface area contributed by atoms with Crippen molar-refractivity contribution in [2.45, 2.75) is 12.8 Å². The van der Waals surface area contributed by atoms with Gasteiger partial charge in [-0.25, -0.2) is 0 Å². The van der Waals surface area contributed by atoms with Gasteiger partial charge >= 0.3 is 0 Å². The van der Waals surface area contributed by atoms with E-state index in [1.165, 1.54) is 24.0 Å². The summed E-state index contributed by atoms with van der Waals surface area (Å²) >= 11 is 0. The summed E-state index contributed by atoms with van der Waals surface area (Å²) < 4.78 is 0. The lowest BCUT2D eigenvalue weighted by atomic mass is 10.2. The highest BCUT2D eigenvalue weighted by Crippen LogP contribution is 2.32. The normalized spacial score (nSPS) is 25.1. The molecule has 0 amide bonds. The topological polar surface area (TPSA) is 0 Å². The fraction of sp³-hybridized carbons (Fsp3) is 0.286. The molecule has 0 unspecified atom stereocenters. The molecule has 0 nitrogen and oxygen atoms in total. The average molecular weight is 90.1 g/mol. The summed E-state index contributed by atoms with van der Waals surface area (Å²) in [7, 11) is 0. The molecular formula is C7H6. The highest BCUT2D eigenvalue weighted by molar-refractivity contribution is 5.39. The third-order valence-corrected chi connectivity index (χ3v) is 1.49. The smallest absolute Gasteiger partial charge is 0.00841 e. The maximum Gasteiger partial charge on any atom is -0.00841 e. The molecule has 0 spiro atoms. The van der Waals surface area contributed by atoms with Crippen molar-refractivity contribution in [1.29, 1.82) is 0 Å². The number of hydrogen-bond donors (Lipinski definition) is 0. The van der Waals surface area contributed by atoms with Crippen LogP contribution in [-0.4, -0.2) is 0 Å². The van der Waals surface area contributed by atoms with Gasteiger partial charge in [0.15, 0.2) is 0 Å². The van der Waals surface area contributed by atoms with Crippen molar-refractivity contribution in [3.8, 4) is 0 Å².